The van der Waals surface area contributed by atoms with Crippen LogP contribution in [-0.2, 0) is 16.5 Å². The van der Waals surface area contributed by atoms with E-state index in [9.17, 15) is 0 Å². The van der Waals surface area contributed by atoms with Gasteiger partial charge in [0, 0.05) is 0 Å². The molecule has 1 heterocycles. The van der Waals surface area contributed by atoms with Crippen molar-refractivity contribution in [3.8, 4) is 0 Å². The zero-order chi connectivity index (χ0) is 16.3. The summed E-state index contributed by atoms with van der Waals surface area (Å²) in [4.78, 5) is 1.60. The molecule has 3 rings (SSSR count). The Hall–Kier alpha value is -0.510. The zero-order valence-corrected chi connectivity index (χ0v) is 15.9. The first kappa shape index (κ1) is 17.3. The number of nitrogens with zero attached hydrogens (tertiary/aromatic N) is 1. The van der Waals surface area contributed by atoms with Gasteiger partial charge in [-0.2, -0.15) is 0 Å². The number of benzene rings is 1. The molecule has 2 atom stereocenters. The topological polar surface area (TPSA) is 16.9 Å². The van der Waals surface area contributed by atoms with Crippen molar-refractivity contribution in [3.05, 3.63) is 42.1 Å². The van der Waals surface area contributed by atoms with Crippen molar-refractivity contribution in [2.75, 3.05) is 40.4 Å². The SMILES string of the molecule is CN(C)[P@@](=S)(c1ccccc1)[C@H]1CCCC=C1[NH+]1CCOCC1. The van der Waals surface area contributed by atoms with E-state index in [1.165, 1.54) is 24.6 Å². The Morgan fingerprint density at radius 1 is 1.17 bits per heavy atom. The fraction of sp³-hybridized carbons (Fsp3) is 0.556. The number of allylic oxidation sites excluding steroid dienone is 2. The number of quaternary nitrogens is 1. The highest BCUT2D eigenvalue weighted by Crippen LogP contribution is 2.56. The lowest BCUT2D eigenvalue weighted by molar-refractivity contribution is -0.871. The van der Waals surface area contributed by atoms with Crippen molar-refractivity contribution in [3.63, 3.8) is 0 Å². The van der Waals surface area contributed by atoms with E-state index in [2.05, 4.69) is 55.2 Å². The molecule has 0 bridgehead atoms. The molecule has 1 aliphatic heterocycles. The van der Waals surface area contributed by atoms with Crippen LogP contribution in [0.3, 0.4) is 0 Å². The maximum atomic E-state index is 6.41. The fourth-order valence-corrected chi connectivity index (χ4v) is 8.04. The molecule has 1 N–H and O–H groups in total. The molecule has 0 saturated carbocycles. The van der Waals surface area contributed by atoms with Crippen LogP contribution in [0.15, 0.2) is 42.1 Å². The molecule has 2 aliphatic rings. The van der Waals surface area contributed by atoms with Crippen molar-refractivity contribution >= 4 is 23.3 Å². The van der Waals surface area contributed by atoms with Gasteiger partial charge in [0.25, 0.3) is 0 Å². The lowest BCUT2D eigenvalue weighted by atomic mass is 10.0. The zero-order valence-electron chi connectivity index (χ0n) is 14.2. The number of morpholine rings is 1. The van der Waals surface area contributed by atoms with Gasteiger partial charge in [-0.3, -0.25) is 4.67 Å². The number of hydrogen-bond donors (Lipinski definition) is 1. The average molecular weight is 351 g/mol. The molecule has 126 valence electrons. The normalized spacial score (nSPS) is 25.9. The van der Waals surface area contributed by atoms with Gasteiger partial charge in [0.2, 0.25) is 0 Å². The molecule has 1 aromatic carbocycles. The summed E-state index contributed by atoms with van der Waals surface area (Å²) in [6.45, 7) is 3.91. The van der Waals surface area contributed by atoms with Crippen LogP contribution in [0.25, 0.3) is 0 Å². The van der Waals surface area contributed by atoms with Crippen LogP contribution >= 0.6 is 6.19 Å². The predicted molar refractivity (Wildman–Crippen MR) is 101 cm³/mol. The van der Waals surface area contributed by atoms with Crippen LogP contribution in [-0.4, -0.2) is 50.7 Å². The van der Waals surface area contributed by atoms with Crippen molar-refractivity contribution in [2.45, 2.75) is 24.9 Å². The Labute approximate surface area is 145 Å². The first-order valence-corrected chi connectivity index (χ1v) is 11.4. The summed E-state index contributed by atoms with van der Waals surface area (Å²) in [6, 6.07) is 10.8. The van der Waals surface area contributed by atoms with Gasteiger partial charge in [-0.15, -0.1) is 0 Å². The van der Waals surface area contributed by atoms with E-state index in [1.54, 1.807) is 10.6 Å². The number of rotatable bonds is 4. The second kappa shape index (κ2) is 7.58. The van der Waals surface area contributed by atoms with Gasteiger partial charge in [0.05, 0.1) is 25.1 Å². The van der Waals surface area contributed by atoms with Gasteiger partial charge in [0.15, 0.2) is 0 Å². The highest BCUT2D eigenvalue weighted by molar-refractivity contribution is 8.17. The van der Waals surface area contributed by atoms with Crippen LogP contribution in [0.5, 0.6) is 0 Å². The lowest BCUT2D eigenvalue weighted by Gasteiger charge is -2.41. The van der Waals surface area contributed by atoms with Gasteiger partial charge in [-0.05, 0) is 44.7 Å². The average Bonchev–Trinajstić information content (AvgIpc) is 2.62. The van der Waals surface area contributed by atoms with E-state index in [0.29, 0.717) is 5.66 Å². The monoisotopic (exact) mass is 351 g/mol. The molecule has 0 unspecified atom stereocenters. The molecular formula is C18H28N2OPS+. The third kappa shape index (κ3) is 3.47. The summed E-state index contributed by atoms with van der Waals surface area (Å²) in [6.07, 6.45) is 4.37. The minimum Gasteiger partial charge on any atom is -0.370 e. The number of ether oxygens (including phenoxy) is 1. The Bertz CT molecular complexity index is 596. The van der Waals surface area contributed by atoms with Gasteiger partial charge in [-0.1, -0.05) is 42.1 Å². The molecule has 0 spiro atoms. The summed E-state index contributed by atoms with van der Waals surface area (Å²) >= 11 is 6.41. The number of hydrogen-bond acceptors (Lipinski definition) is 2. The molecule has 1 saturated heterocycles. The quantitative estimate of drug-likeness (QED) is 0.831. The van der Waals surface area contributed by atoms with Crippen LogP contribution in [0.4, 0.5) is 0 Å². The molecule has 1 aromatic rings. The molecule has 0 radical (unpaired) electrons. The van der Waals surface area contributed by atoms with E-state index in [4.69, 9.17) is 16.5 Å². The summed E-state index contributed by atoms with van der Waals surface area (Å²) in [5.74, 6) is 0. The van der Waals surface area contributed by atoms with Crippen molar-refractivity contribution in [1.29, 1.82) is 0 Å². The highest BCUT2D eigenvalue weighted by Gasteiger charge is 2.40. The Kier molecular flexibility index (Phi) is 5.71. The van der Waals surface area contributed by atoms with Crippen LogP contribution in [0, 0.1) is 0 Å². The second-order valence-corrected chi connectivity index (χ2v) is 11.5. The first-order valence-electron chi connectivity index (χ1n) is 8.60. The summed E-state index contributed by atoms with van der Waals surface area (Å²) < 4.78 is 7.92. The van der Waals surface area contributed by atoms with Crippen molar-refractivity contribution in [1.82, 2.24) is 4.67 Å². The third-order valence-electron chi connectivity index (χ3n) is 5.05. The summed E-state index contributed by atoms with van der Waals surface area (Å²) in [7, 11) is 4.35. The van der Waals surface area contributed by atoms with Crippen LogP contribution < -0.4 is 10.2 Å². The van der Waals surface area contributed by atoms with Gasteiger partial charge in [0.1, 0.15) is 18.8 Å². The molecular weight excluding hydrogens is 323 g/mol. The summed E-state index contributed by atoms with van der Waals surface area (Å²) in [5, 5.41) is 1.35. The first-order chi connectivity index (χ1) is 11.1. The Morgan fingerprint density at radius 2 is 1.87 bits per heavy atom. The maximum Gasteiger partial charge on any atom is 0.113 e. The van der Waals surface area contributed by atoms with Crippen LogP contribution in [0.1, 0.15) is 19.3 Å². The number of nitrogens with one attached hydrogen (secondary N) is 1. The van der Waals surface area contributed by atoms with E-state index in [1.807, 2.05) is 0 Å². The Morgan fingerprint density at radius 3 is 2.52 bits per heavy atom. The minimum atomic E-state index is -1.81. The fourth-order valence-electron chi connectivity index (χ4n) is 3.84. The van der Waals surface area contributed by atoms with Gasteiger partial charge < -0.3 is 9.64 Å². The van der Waals surface area contributed by atoms with E-state index in [0.717, 1.165) is 26.3 Å². The molecule has 1 fully saturated rings. The molecule has 3 nitrogen and oxygen atoms in total. The van der Waals surface area contributed by atoms with Crippen molar-refractivity contribution < 1.29 is 9.64 Å². The van der Waals surface area contributed by atoms with E-state index in [-0.39, 0.29) is 0 Å². The van der Waals surface area contributed by atoms with Crippen LogP contribution in [0.2, 0.25) is 0 Å². The van der Waals surface area contributed by atoms with Gasteiger partial charge in [-0.25, -0.2) is 0 Å². The molecule has 5 heteroatoms. The smallest absolute Gasteiger partial charge is 0.113 e. The molecule has 0 aromatic heterocycles. The van der Waals surface area contributed by atoms with E-state index >= 15 is 0 Å². The summed E-state index contributed by atoms with van der Waals surface area (Å²) in [5.41, 5.74) is 2.07. The van der Waals surface area contributed by atoms with Crippen molar-refractivity contribution in [2.24, 2.45) is 0 Å². The largest absolute Gasteiger partial charge is 0.370 e. The molecule has 1 aliphatic carbocycles. The highest BCUT2D eigenvalue weighted by atomic mass is 32.4. The molecule has 23 heavy (non-hydrogen) atoms. The predicted octanol–water partition coefficient (Wildman–Crippen LogP) is 1.62. The van der Waals surface area contributed by atoms with E-state index < -0.39 is 6.19 Å². The maximum absolute atomic E-state index is 6.41. The molecule has 0 amide bonds. The van der Waals surface area contributed by atoms with Gasteiger partial charge >= 0.3 is 0 Å². The third-order valence-corrected chi connectivity index (χ3v) is 11.0. The lowest BCUT2D eigenvalue weighted by Crippen LogP contribution is -3.13. The standard InChI is InChI=1S/C18H27N2OPS/c1-19(2)22(23,16-8-4-3-5-9-16)18-11-7-6-10-17(18)20-12-14-21-15-13-20/h3-5,8-10,18H,6-7,11-15H2,1-2H3/p+1/t18-,22+/m0/s1. The Balaban J connectivity index is 1.99. The second-order valence-electron chi connectivity index (χ2n) is 6.63. The minimum absolute atomic E-state index is 0.497.